The number of amides is 2. The number of aryl methyl sites for hydroxylation is 3. The molecule has 1 saturated heterocycles. The molecule has 8 nitrogen and oxygen atoms in total. The van der Waals surface area contributed by atoms with E-state index in [9.17, 15) is 9.59 Å². The SMILES string of the molecule is CCn1nnc2cc(C(=O)N3CCN(CC(=O)Nc4c(C)cccc4C)CC3)ccc21. The number of aromatic nitrogens is 3. The van der Waals surface area contributed by atoms with E-state index >= 15 is 0 Å². The minimum Gasteiger partial charge on any atom is -0.336 e. The van der Waals surface area contributed by atoms with Crippen LogP contribution in [-0.2, 0) is 11.3 Å². The smallest absolute Gasteiger partial charge is 0.254 e. The Morgan fingerprint density at radius 2 is 1.74 bits per heavy atom. The Morgan fingerprint density at radius 1 is 1.03 bits per heavy atom. The summed E-state index contributed by atoms with van der Waals surface area (Å²) in [6.07, 6.45) is 0. The zero-order valence-electron chi connectivity index (χ0n) is 18.3. The molecule has 4 rings (SSSR count). The van der Waals surface area contributed by atoms with E-state index in [0.717, 1.165) is 34.4 Å². The lowest BCUT2D eigenvalue weighted by Crippen LogP contribution is -2.50. The molecule has 162 valence electrons. The van der Waals surface area contributed by atoms with Crippen LogP contribution in [-0.4, -0.2) is 69.3 Å². The van der Waals surface area contributed by atoms with E-state index in [0.29, 0.717) is 38.3 Å². The summed E-state index contributed by atoms with van der Waals surface area (Å²) in [5.74, 6) is -0.0331. The topological polar surface area (TPSA) is 83.4 Å². The van der Waals surface area contributed by atoms with Crippen molar-refractivity contribution in [2.75, 3.05) is 38.0 Å². The molecule has 0 aliphatic carbocycles. The number of piperazine rings is 1. The van der Waals surface area contributed by atoms with Crippen molar-refractivity contribution in [1.29, 1.82) is 0 Å². The van der Waals surface area contributed by atoms with E-state index in [1.165, 1.54) is 0 Å². The largest absolute Gasteiger partial charge is 0.336 e. The Hall–Kier alpha value is -3.26. The Balaban J connectivity index is 1.33. The third-order valence-electron chi connectivity index (χ3n) is 5.83. The van der Waals surface area contributed by atoms with Gasteiger partial charge in [-0.15, -0.1) is 5.10 Å². The van der Waals surface area contributed by atoms with Crippen molar-refractivity contribution in [1.82, 2.24) is 24.8 Å². The van der Waals surface area contributed by atoms with Crippen LogP contribution in [0, 0.1) is 13.8 Å². The summed E-state index contributed by atoms with van der Waals surface area (Å²) < 4.78 is 1.81. The fourth-order valence-electron chi connectivity index (χ4n) is 4.02. The second-order valence-corrected chi connectivity index (χ2v) is 7.99. The molecule has 0 unspecified atom stereocenters. The van der Waals surface area contributed by atoms with E-state index < -0.39 is 0 Å². The molecule has 0 atom stereocenters. The molecule has 1 aromatic heterocycles. The first-order valence-electron chi connectivity index (χ1n) is 10.7. The van der Waals surface area contributed by atoms with Crippen LogP contribution in [0.15, 0.2) is 36.4 Å². The maximum atomic E-state index is 12.9. The monoisotopic (exact) mass is 420 g/mol. The van der Waals surface area contributed by atoms with Gasteiger partial charge in [-0.1, -0.05) is 23.4 Å². The number of rotatable bonds is 5. The van der Waals surface area contributed by atoms with Gasteiger partial charge < -0.3 is 10.2 Å². The first-order chi connectivity index (χ1) is 15.0. The quantitative estimate of drug-likeness (QED) is 0.686. The van der Waals surface area contributed by atoms with Crippen LogP contribution in [0.5, 0.6) is 0 Å². The van der Waals surface area contributed by atoms with Crippen molar-refractivity contribution in [2.45, 2.75) is 27.3 Å². The summed E-state index contributed by atoms with van der Waals surface area (Å²) >= 11 is 0. The first kappa shape index (κ1) is 21.0. The minimum atomic E-state index is -0.0263. The predicted molar refractivity (Wildman–Crippen MR) is 120 cm³/mol. The van der Waals surface area contributed by atoms with Gasteiger partial charge in [0, 0.05) is 44.0 Å². The molecule has 0 bridgehead atoms. The third-order valence-corrected chi connectivity index (χ3v) is 5.83. The van der Waals surface area contributed by atoms with Crippen molar-refractivity contribution < 1.29 is 9.59 Å². The minimum absolute atomic E-state index is 0.00687. The van der Waals surface area contributed by atoms with Crippen LogP contribution in [0.1, 0.15) is 28.4 Å². The Morgan fingerprint density at radius 3 is 2.42 bits per heavy atom. The van der Waals surface area contributed by atoms with Crippen LogP contribution in [0.2, 0.25) is 0 Å². The zero-order valence-corrected chi connectivity index (χ0v) is 18.3. The molecule has 31 heavy (non-hydrogen) atoms. The second kappa shape index (κ2) is 8.85. The van der Waals surface area contributed by atoms with Crippen molar-refractivity contribution >= 4 is 28.5 Å². The highest BCUT2D eigenvalue weighted by atomic mass is 16.2. The number of fused-ring (bicyclic) bond motifs is 1. The molecule has 2 amide bonds. The lowest BCUT2D eigenvalue weighted by atomic mass is 10.1. The number of nitrogens with one attached hydrogen (secondary N) is 1. The van der Waals surface area contributed by atoms with Gasteiger partial charge >= 0.3 is 0 Å². The second-order valence-electron chi connectivity index (χ2n) is 7.99. The molecule has 2 aromatic carbocycles. The van der Waals surface area contributed by atoms with Crippen molar-refractivity contribution in [3.63, 3.8) is 0 Å². The number of benzene rings is 2. The van der Waals surface area contributed by atoms with Crippen LogP contribution in [0.25, 0.3) is 11.0 Å². The molecule has 1 aliphatic rings. The Kier molecular flexibility index (Phi) is 5.99. The normalized spacial score (nSPS) is 14.7. The number of nitrogens with zero attached hydrogens (tertiary/aromatic N) is 5. The van der Waals surface area contributed by atoms with Gasteiger partial charge in [0.1, 0.15) is 5.52 Å². The highest BCUT2D eigenvalue weighted by Crippen LogP contribution is 2.20. The van der Waals surface area contributed by atoms with Gasteiger partial charge in [-0.3, -0.25) is 14.5 Å². The molecule has 8 heteroatoms. The summed E-state index contributed by atoms with van der Waals surface area (Å²) in [6.45, 7) is 9.57. The molecule has 1 N–H and O–H groups in total. The number of carbonyl (C=O) groups excluding carboxylic acids is 2. The maximum Gasteiger partial charge on any atom is 0.254 e. The zero-order chi connectivity index (χ0) is 22.0. The molecule has 0 saturated carbocycles. The number of hydrogen-bond acceptors (Lipinski definition) is 5. The molecular weight excluding hydrogens is 392 g/mol. The van der Waals surface area contributed by atoms with Gasteiger partial charge in [-0.25, -0.2) is 4.68 Å². The molecule has 1 fully saturated rings. The van der Waals surface area contributed by atoms with Crippen LogP contribution in [0.3, 0.4) is 0 Å². The Bertz CT molecular complexity index is 1090. The lowest BCUT2D eigenvalue weighted by Gasteiger charge is -2.34. The maximum absolute atomic E-state index is 12.9. The highest BCUT2D eigenvalue weighted by Gasteiger charge is 2.24. The Labute approximate surface area is 181 Å². The first-order valence-corrected chi connectivity index (χ1v) is 10.7. The summed E-state index contributed by atoms with van der Waals surface area (Å²) in [5.41, 5.74) is 5.28. The third kappa shape index (κ3) is 4.44. The number of anilines is 1. The van der Waals surface area contributed by atoms with Gasteiger partial charge in [0.05, 0.1) is 12.1 Å². The summed E-state index contributed by atoms with van der Waals surface area (Å²) in [4.78, 5) is 29.4. The summed E-state index contributed by atoms with van der Waals surface area (Å²) in [7, 11) is 0. The predicted octanol–water partition coefficient (Wildman–Crippen LogP) is 2.46. The fraction of sp³-hybridized carbons (Fsp3) is 0.391. The van der Waals surface area contributed by atoms with E-state index in [2.05, 4.69) is 20.5 Å². The number of carbonyl (C=O) groups is 2. The van der Waals surface area contributed by atoms with E-state index in [4.69, 9.17) is 0 Å². The van der Waals surface area contributed by atoms with Crippen LogP contribution < -0.4 is 5.32 Å². The van der Waals surface area contributed by atoms with Crippen molar-refractivity contribution in [3.05, 3.63) is 53.1 Å². The molecule has 2 heterocycles. The van der Waals surface area contributed by atoms with Crippen molar-refractivity contribution in [3.8, 4) is 0 Å². The number of para-hydroxylation sites is 1. The highest BCUT2D eigenvalue weighted by molar-refractivity contribution is 5.97. The molecular formula is C23H28N6O2. The molecule has 0 spiro atoms. The van der Waals surface area contributed by atoms with E-state index in [1.807, 2.05) is 60.7 Å². The van der Waals surface area contributed by atoms with Crippen molar-refractivity contribution in [2.24, 2.45) is 0 Å². The van der Waals surface area contributed by atoms with Gasteiger partial charge in [0.2, 0.25) is 5.91 Å². The standard InChI is InChI=1S/C23H28N6O2/c1-4-29-20-9-8-18(14-19(20)25-26-29)23(31)28-12-10-27(11-13-28)15-21(30)24-22-16(2)6-5-7-17(22)3/h5-9,14H,4,10-13,15H2,1-3H3,(H,24,30). The number of hydrogen-bond donors (Lipinski definition) is 1. The average Bonchev–Trinajstić information content (AvgIpc) is 3.19. The van der Waals surface area contributed by atoms with Gasteiger partial charge in [0.15, 0.2) is 0 Å². The molecule has 0 radical (unpaired) electrons. The van der Waals surface area contributed by atoms with Gasteiger partial charge in [0.25, 0.3) is 5.91 Å². The average molecular weight is 421 g/mol. The molecule has 3 aromatic rings. The van der Waals surface area contributed by atoms with Crippen LogP contribution in [0.4, 0.5) is 5.69 Å². The van der Waals surface area contributed by atoms with Gasteiger partial charge in [-0.05, 0) is 50.1 Å². The van der Waals surface area contributed by atoms with Gasteiger partial charge in [-0.2, -0.15) is 0 Å². The summed E-state index contributed by atoms with van der Waals surface area (Å²) in [6, 6.07) is 11.5. The van der Waals surface area contributed by atoms with Crippen LogP contribution >= 0.6 is 0 Å². The summed E-state index contributed by atoms with van der Waals surface area (Å²) in [5, 5.41) is 11.3. The molecule has 1 aliphatic heterocycles. The van der Waals surface area contributed by atoms with E-state index in [1.54, 1.807) is 6.07 Å². The fourth-order valence-corrected chi connectivity index (χ4v) is 4.02. The lowest BCUT2D eigenvalue weighted by molar-refractivity contribution is -0.117. The van der Waals surface area contributed by atoms with E-state index in [-0.39, 0.29) is 11.8 Å².